The number of carbonyl (C=O) groups excluding carboxylic acids is 1. The van der Waals surface area contributed by atoms with Crippen molar-refractivity contribution in [3.05, 3.63) is 80.0 Å². The summed E-state index contributed by atoms with van der Waals surface area (Å²) in [4.78, 5) is 18.1. The minimum absolute atomic E-state index is 0.0532. The van der Waals surface area contributed by atoms with Crippen LogP contribution in [0.4, 0.5) is 10.5 Å². The van der Waals surface area contributed by atoms with Crippen LogP contribution in [0.3, 0.4) is 0 Å². The molecule has 0 bridgehead atoms. The molecule has 3 aromatic rings. The van der Waals surface area contributed by atoms with Crippen molar-refractivity contribution in [1.29, 1.82) is 0 Å². The molecule has 0 saturated carbocycles. The average Bonchev–Trinajstić information content (AvgIpc) is 3.10. The lowest BCUT2D eigenvalue weighted by Gasteiger charge is -2.36. The average molecular weight is 435 g/mol. The van der Waals surface area contributed by atoms with Gasteiger partial charge in [-0.2, -0.15) is 0 Å². The van der Waals surface area contributed by atoms with Crippen LogP contribution in [0.5, 0.6) is 5.75 Å². The number of benzene rings is 2. The number of urea groups is 1. The van der Waals surface area contributed by atoms with Crippen LogP contribution in [0.1, 0.15) is 50.5 Å². The van der Waals surface area contributed by atoms with E-state index in [4.69, 9.17) is 4.74 Å². The highest BCUT2D eigenvalue weighted by atomic mass is 32.1. The van der Waals surface area contributed by atoms with E-state index in [1.54, 1.807) is 7.11 Å². The number of carbonyl (C=O) groups is 1. The number of hydrogen-bond donors (Lipinski definition) is 1. The van der Waals surface area contributed by atoms with Gasteiger partial charge < -0.3 is 15.0 Å². The van der Waals surface area contributed by atoms with Crippen LogP contribution in [0.15, 0.2) is 42.5 Å². The number of anilines is 1. The molecule has 0 saturated heterocycles. The third kappa shape index (κ3) is 4.07. The summed E-state index contributed by atoms with van der Waals surface area (Å²) in [6.07, 6.45) is 1.93. The summed E-state index contributed by atoms with van der Waals surface area (Å²) in [5, 5.41) is 3.16. The van der Waals surface area contributed by atoms with Crippen molar-refractivity contribution in [2.24, 2.45) is 0 Å². The fourth-order valence-electron chi connectivity index (χ4n) is 4.59. The van der Waals surface area contributed by atoms with E-state index in [-0.39, 0.29) is 12.1 Å². The van der Waals surface area contributed by atoms with E-state index in [0.29, 0.717) is 6.54 Å². The predicted octanol–water partition coefficient (Wildman–Crippen LogP) is 6.42. The van der Waals surface area contributed by atoms with Crippen molar-refractivity contribution in [3.8, 4) is 5.75 Å². The van der Waals surface area contributed by atoms with Crippen LogP contribution in [-0.2, 0) is 12.8 Å². The highest BCUT2D eigenvalue weighted by Crippen LogP contribution is 2.43. The number of nitrogens with one attached hydrogen (secondary N) is 1. The topological polar surface area (TPSA) is 41.6 Å². The third-order valence-corrected chi connectivity index (χ3v) is 7.42. The minimum Gasteiger partial charge on any atom is -0.497 e. The van der Waals surface area contributed by atoms with E-state index in [1.165, 1.54) is 26.4 Å². The van der Waals surface area contributed by atoms with Gasteiger partial charge in [-0.25, -0.2) is 4.79 Å². The monoisotopic (exact) mass is 434 g/mol. The zero-order valence-electron chi connectivity index (χ0n) is 18.9. The Morgan fingerprint density at radius 1 is 1.16 bits per heavy atom. The Bertz CT molecular complexity index is 1100. The molecule has 4 nitrogen and oxygen atoms in total. The van der Waals surface area contributed by atoms with Gasteiger partial charge in [-0.3, -0.25) is 0 Å². The van der Waals surface area contributed by atoms with E-state index in [9.17, 15) is 4.79 Å². The van der Waals surface area contributed by atoms with Crippen molar-refractivity contribution < 1.29 is 9.53 Å². The molecule has 0 radical (unpaired) electrons. The van der Waals surface area contributed by atoms with Gasteiger partial charge in [-0.1, -0.05) is 36.8 Å². The number of thiophene rings is 1. The van der Waals surface area contributed by atoms with Crippen molar-refractivity contribution >= 4 is 23.1 Å². The number of amides is 2. The minimum atomic E-state index is -0.0931. The molecule has 4 rings (SSSR count). The molecule has 1 atom stereocenters. The second kappa shape index (κ2) is 8.75. The first-order valence-electron chi connectivity index (χ1n) is 10.8. The largest absolute Gasteiger partial charge is 0.497 e. The molecule has 1 aliphatic rings. The lowest BCUT2D eigenvalue weighted by atomic mass is 9.92. The first-order chi connectivity index (χ1) is 14.9. The van der Waals surface area contributed by atoms with Crippen LogP contribution in [0.2, 0.25) is 0 Å². The number of nitrogens with zero attached hydrogens (tertiary/aromatic N) is 1. The molecular formula is C26H30N2O2S. The van der Waals surface area contributed by atoms with Gasteiger partial charge in [-0.05, 0) is 74.1 Å². The Kier molecular flexibility index (Phi) is 6.05. The standard InChI is InChI=1S/C26H30N2O2S/c1-6-21-18(4)31-25-22(21)13-14-28(24(25)19-8-10-20(30-5)11-9-19)26(29)27-23-12-7-16(2)15-17(23)3/h7-12,15,24H,6,13-14H2,1-5H3,(H,27,29)/t24-/m1/s1. The van der Waals surface area contributed by atoms with Gasteiger partial charge in [0.2, 0.25) is 0 Å². The normalized spacial score (nSPS) is 15.5. The molecule has 0 unspecified atom stereocenters. The Hall–Kier alpha value is -2.79. The van der Waals surface area contributed by atoms with E-state index < -0.39 is 0 Å². The maximum Gasteiger partial charge on any atom is 0.322 e. The zero-order valence-corrected chi connectivity index (χ0v) is 19.7. The summed E-state index contributed by atoms with van der Waals surface area (Å²) in [6, 6.07) is 14.1. The summed E-state index contributed by atoms with van der Waals surface area (Å²) in [5.41, 5.74) is 7.13. The molecule has 5 heteroatoms. The van der Waals surface area contributed by atoms with Crippen LogP contribution >= 0.6 is 11.3 Å². The Morgan fingerprint density at radius 2 is 1.90 bits per heavy atom. The number of ether oxygens (including phenoxy) is 1. The summed E-state index contributed by atoms with van der Waals surface area (Å²) in [7, 11) is 1.67. The van der Waals surface area contributed by atoms with Crippen molar-refractivity contribution in [3.63, 3.8) is 0 Å². The Morgan fingerprint density at radius 3 is 2.55 bits per heavy atom. The summed E-state index contributed by atoms with van der Waals surface area (Å²) in [6.45, 7) is 9.22. The van der Waals surface area contributed by atoms with Gasteiger partial charge in [0.25, 0.3) is 0 Å². The molecule has 1 aromatic heterocycles. The fourth-order valence-corrected chi connectivity index (χ4v) is 6.03. The quantitative estimate of drug-likeness (QED) is 0.514. The molecule has 0 fully saturated rings. The molecule has 2 aromatic carbocycles. The first-order valence-corrected chi connectivity index (χ1v) is 11.6. The molecule has 0 spiro atoms. The summed E-state index contributed by atoms with van der Waals surface area (Å²) in [5.74, 6) is 0.822. The molecule has 1 aliphatic heterocycles. The number of hydrogen-bond acceptors (Lipinski definition) is 3. The summed E-state index contributed by atoms with van der Waals surface area (Å²) >= 11 is 1.83. The van der Waals surface area contributed by atoms with Crippen LogP contribution in [0, 0.1) is 20.8 Å². The van der Waals surface area contributed by atoms with Crippen LogP contribution < -0.4 is 10.1 Å². The first kappa shape index (κ1) is 21.4. The van der Waals surface area contributed by atoms with Crippen molar-refractivity contribution in [2.75, 3.05) is 19.0 Å². The fraction of sp³-hybridized carbons (Fsp3) is 0.346. The maximum atomic E-state index is 13.5. The maximum absolute atomic E-state index is 13.5. The van der Waals surface area contributed by atoms with Gasteiger partial charge in [0.05, 0.1) is 13.2 Å². The second-order valence-corrected chi connectivity index (χ2v) is 9.46. The molecule has 0 aliphatic carbocycles. The van der Waals surface area contributed by atoms with E-state index in [1.807, 2.05) is 47.4 Å². The van der Waals surface area contributed by atoms with Crippen molar-refractivity contribution in [2.45, 2.75) is 46.6 Å². The number of fused-ring (bicyclic) bond motifs is 1. The smallest absolute Gasteiger partial charge is 0.322 e. The van der Waals surface area contributed by atoms with E-state index in [2.05, 4.69) is 44.3 Å². The highest BCUT2D eigenvalue weighted by Gasteiger charge is 2.35. The van der Waals surface area contributed by atoms with Gasteiger partial charge in [0.15, 0.2) is 0 Å². The zero-order chi connectivity index (χ0) is 22.1. The SMILES string of the molecule is CCc1c(C)sc2c1CCN(C(=O)Nc1ccc(C)cc1C)[C@@H]2c1ccc(OC)cc1. The highest BCUT2D eigenvalue weighted by molar-refractivity contribution is 7.12. The van der Waals surface area contributed by atoms with Gasteiger partial charge >= 0.3 is 6.03 Å². The lowest BCUT2D eigenvalue weighted by molar-refractivity contribution is 0.195. The number of methoxy groups -OCH3 is 1. The van der Waals surface area contributed by atoms with E-state index >= 15 is 0 Å². The summed E-state index contributed by atoms with van der Waals surface area (Å²) < 4.78 is 5.35. The van der Waals surface area contributed by atoms with Crippen LogP contribution in [-0.4, -0.2) is 24.6 Å². The molecule has 2 heterocycles. The van der Waals surface area contributed by atoms with Crippen LogP contribution in [0.25, 0.3) is 0 Å². The van der Waals surface area contributed by atoms with Gasteiger partial charge in [-0.15, -0.1) is 11.3 Å². The second-order valence-electron chi connectivity index (χ2n) is 8.20. The molecule has 1 N–H and O–H groups in total. The molecule has 31 heavy (non-hydrogen) atoms. The van der Waals surface area contributed by atoms with Gasteiger partial charge in [0.1, 0.15) is 5.75 Å². The van der Waals surface area contributed by atoms with Crippen molar-refractivity contribution in [1.82, 2.24) is 4.90 Å². The predicted molar refractivity (Wildman–Crippen MR) is 129 cm³/mol. The van der Waals surface area contributed by atoms with E-state index in [0.717, 1.165) is 35.4 Å². The molecule has 162 valence electrons. The molecular weight excluding hydrogens is 404 g/mol. The van der Waals surface area contributed by atoms with Gasteiger partial charge in [0, 0.05) is 22.0 Å². The third-order valence-electron chi connectivity index (χ3n) is 6.18. The lowest BCUT2D eigenvalue weighted by Crippen LogP contribution is -2.42. The Labute approximate surface area is 188 Å². The Balaban J connectivity index is 1.73. The number of rotatable bonds is 4. The number of aryl methyl sites for hydroxylation is 3. The molecule has 2 amide bonds.